The molecular weight excluding hydrogens is 285 g/mol. The zero-order chi connectivity index (χ0) is 13.4. The van der Waals surface area contributed by atoms with E-state index < -0.39 is 0 Å². The Bertz CT molecular complexity index is 748. The summed E-state index contributed by atoms with van der Waals surface area (Å²) in [4.78, 5) is 8.33. The molecule has 0 radical (unpaired) electrons. The quantitative estimate of drug-likeness (QED) is 0.707. The zero-order valence-corrected chi connectivity index (χ0v) is 11.4. The van der Waals surface area contributed by atoms with Gasteiger partial charge >= 0.3 is 0 Å². The van der Waals surface area contributed by atoms with Crippen LogP contribution in [0.4, 0.5) is 11.6 Å². The fraction of sp³-hybridized carbons (Fsp3) is 0.0833. The molecule has 0 saturated heterocycles. The second-order valence-corrected chi connectivity index (χ2v) is 4.84. The molecule has 0 fully saturated rings. The number of aromatic nitrogens is 4. The number of aryl methyl sites for hydroxylation is 1. The first kappa shape index (κ1) is 12.2. The molecule has 0 aliphatic rings. The van der Waals surface area contributed by atoms with Crippen molar-refractivity contribution in [2.45, 2.75) is 6.92 Å². The van der Waals surface area contributed by atoms with Gasteiger partial charge < -0.3 is 5.32 Å². The predicted molar refractivity (Wildman–Crippen MR) is 76.2 cm³/mol. The summed E-state index contributed by atoms with van der Waals surface area (Å²) < 4.78 is 0. The summed E-state index contributed by atoms with van der Waals surface area (Å²) in [5.41, 5.74) is 1.64. The first-order chi connectivity index (χ1) is 9.11. The van der Waals surface area contributed by atoms with Gasteiger partial charge in [-0.3, -0.25) is 5.10 Å². The molecule has 1 aromatic carbocycles. The van der Waals surface area contributed by atoms with Gasteiger partial charge in [-0.2, -0.15) is 10.1 Å². The van der Waals surface area contributed by atoms with E-state index in [2.05, 4.69) is 25.5 Å². The first-order valence-corrected chi connectivity index (χ1v) is 6.29. The predicted octanol–water partition coefficient (Wildman–Crippen LogP) is 3.71. The Morgan fingerprint density at radius 2 is 2.00 bits per heavy atom. The van der Waals surface area contributed by atoms with Crippen molar-refractivity contribution in [2.75, 3.05) is 5.32 Å². The molecule has 0 atom stereocenters. The Balaban J connectivity index is 2.11. The Morgan fingerprint density at radius 1 is 1.16 bits per heavy atom. The minimum atomic E-state index is 0.157. The highest BCUT2D eigenvalue weighted by Crippen LogP contribution is 2.26. The Labute approximate surface area is 119 Å². The zero-order valence-electron chi connectivity index (χ0n) is 9.91. The second kappa shape index (κ2) is 4.68. The molecule has 0 bridgehead atoms. The molecule has 7 heteroatoms. The van der Waals surface area contributed by atoms with E-state index in [-0.39, 0.29) is 5.28 Å². The highest BCUT2D eigenvalue weighted by Gasteiger charge is 2.08. The molecule has 0 unspecified atom stereocenters. The lowest BCUT2D eigenvalue weighted by Crippen LogP contribution is -1.97. The van der Waals surface area contributed by atoms with E-state index in [1.54, 1.807) is 12.1 Å². The van der Waals surface area contributed by atoms with E-state index in [0.29, 0.717) is 22.2 Å². The maximum absolute atomic E-state index is 5.95. The van der Waals surface area contributed by atoms with Crippen LogP contribution >= 0.6 is 23.2 Å². The number of nitrogens with one attached hydrogen (secondary N) is 2. The molecule has 0 saturated carbocycles. The van der Waals surface area contributed by atoms with Crippen molar-refractivity contribution in [3.05, 3.63) is 40.3 Å². The van der Waals surface area contributed by atoms with Gasteiger partial charge in [0.15, 0.2) is 5.82 Å². The van der Waals surface area contributed by atoms with Crippen molar-refractivity contribution in [1.29, 1.82) is 0 Å². The smallest absolute Gasteiger partial charge is 0.224 e. The van der Waals surface area contributed by atoms with Crippen molar-refractivity contribution >= 4 is 45.7 Å². The van der Waals surface area contributed by atoms with Crippen LogP contribution in [0, 0.1) is 6.92 Å². The number of H-pyrrole nitrogens is 1. The van der Waals surface area contributed by atoms with E-state index in [4.69, 9.17) is 23.2 Å². The second-order valence-electron chi connectivity index (χ2n) is 4.06. The SMILES string of the molecule is Cc1cc(Nc2nc(Cl)nc3cc(Cl)ccc23)n[nH]1. The molecule has 19 heavy (non-hydrogen) atoms. The molecule has 5 nitrogen and oxygen atoms in total. The minimum absolute atomic E-state index is 0.157. The molecule has 96 valence electrons. The standard InChI is InChI=1S/C12H9Cl2N5/c1-6-4-10(19-18-6)16-11-8-3-2-7(13)5-9(8)15-12(14)17-11/h2-5H,1H3,(H2,15,16,17,18,19). The monoisotopic (exact) mass is 293 g/mol. The van der Waals surface area contributed by atoms with Gasteiger partial charge in [0, 0.05) is 22.2 Å². The van der Waals surface area contributed by atoms with Gasteiger partial charge in [-0.05, 0) is 36.7 Å². The Kier molecular flexibility index (Phi) is 3.00. The van der Waals surface area contributed by atoms with E-state index in [9.17, 15) is 0 Å². The van der Waals surface area contributed by atoms with Crippen LogP contribution in [-0.4, -0.2) is 20.2 Å². The molecule has 2 N–H and O–H groups in total. The van der Waals surface area contributed by atoms with Crippen LogP contribution in [0.25, 0.3) is 10.9 Å². The number of anilines is 2. The van der Waals surface area contributed by atoms with Crippen LogP contribution in [0.2, 0.25) is 10.3 Å². The van der Waals surface area contributed by atoms with Crippen molar-refractivity contribution in [2.24, 2.45) is 0 Å². The van der Waals surface area contributed by atoms with Gasteiger partial charge in [-0.15, -0.1) is 0 Å². The van der Waals surface area contributed by atoms with Gasteiger partial charge in [0.2, 0.25) is 5.28 Å². The van der Waals surface area contributed by atoms with Gasteiger partial charge in [0.05, 0.1) is 5.52 Å². The summed E-state index contributed by atoms with van der Waals surface area (Å²) in [7, 11) is 0. The van der Waals surface area contributed by atoms with E-state index >= 15 is 0 Å². The van der Waals surface area contributed by atoms with E-state index in [1.807, 2.05) is 19.1 Å². The van der Waals surface area contributed by atoms with Crippen LogP contribution < -0.4 is 5.32 Å². The lowest BCUT2D eigenvalue weighted by atomic mass is 10.2. The largest absolute Gasteiger partial charge is 0.323 e. The number of fused-ring (bicyclic) bond motifs is 1. The normalized spacial score (nSPS) is 10.9. The van der Waals surface area contributed by atoms with E-state index in [0.717, 1.165) is 11.1 Å². The molecule has 2 aromatic heterocycles. The molecule has 3 aromatic rings. The molecule has 0 spiro atoms. The van der Waals surface area contributed by atoms with Crippen molar-refractivity contribution in [3.63, 3.8) is 0 Å². The van der Waals surface area contributed by atoms with Gasteiger partial charge in [-0.25, -0.2) is 4.98 Å². The average molecular weight is 294 g/mol. The Morgan fingerprint density at radius 3 is 2.74 bits per heavy atom. The van der Waals surface area contributed by atoms with Gasteiger partial charge in [0.1, 0.15) is 5.82 Å². The molecule has 2 heterocycles. The lowest BCUT2D eigenvalue weighted by molar-refractivity contribution is 1.05. The molecule has 0 aliphatic carbocycles. The summed E-state index contributed by atoms with van der Waals surface area (Å²) in [6.45, 7) is 1.92. The van der Waals surface area contributed by atoms with Gasteiger partial charge in [0.25, 0.3) is 0 Å². The van der Waals surface area contributed by atoms with Crippen molar-refractivity contribution < 1.29 is 0 Å². The molecule has 0 amide bonds. The summed E-state index contributed by atoms with van der Waals surface area (Å²) in [6.07, 6.45) is 0. The highest BCUT2D eigenvalue weighted by molar-refractivity contribution is 6.31. The molecule has 0 aliphatic heterocycles. The van der Waals surface area contributed by atoms with Crippen LogP contribution in [0.1, 0.15) is 5.69 Å². The molecular formula is C12H9Cl2N5. The topological polar surface area (TPSA) is 66.5 Å². The fourth-order valence-electron chi connectivity index (χ4n) is 1.77. The van der Waals surface area contributed by atoms with Crippen LogP contribution in [-0.2, 0) is 0 Å². The number of benzene rings is 1. The third-order valence-corrected chi connectivity index (χ3v) is 2.99. The summed E-state index contributed by atoms with van der Waals surface area (Å²) in [6, 6.07) is 7.24. The minimum Gasteiger partial charge on any atom is -0.323 e. The highest BCUT2D eigenvalue weighted by atomic mass is 35.5. The summed E-state index contributed by atoms with van der Waals surface area (Å²) in [5.74, 6) is 1.27. The average Bonchev–Trinajstić information content (AvgIpc) is 2.74. The van der Waals surface area contributed by atoms with Crippen molar-refractivity contribution in [3.8, 4) is 0 Å². The molecule has 3 rings (SSSR count). The lowest BCUT2D eigenvalue weighted by Gasteiger charge is -2.06. The number of hydrogen-bond acceptors (Lipinski definition) is 4. The van der Waals surface area contributed by atoms with Crippen LogP contribution in [0.15, 0.2) is 24.3 Å². The maximum atomic E-state index is 5.95. The number of hydrogen-bond donors (Lipinski definition) is 2. The summed E-state index contributed by atoms with van der Waals surface area (Å²) >= 11 is 11.9. The number of halogens is 2. The third-order valence-electron chi connectivity index (χ3n) is 2.58. The Hall–Kier alpha value is -1.85. The fourth-order valence-corrected chi connectivity index (χ4v) is 2.11. The van der Waals surface area contributed by atoms with Crippen LogP contribution in [0.5, 0.6) is 0 Å². The van der Waals surface area contributed by atoms with E-state index in [1.165, 1.54) is 0 Å². The first-order valence-electron chi connectivity index (χ1n) is 5.53. The van der Waals surface area contributed by atoms with Crippen LogP contribution in [0.3, 0.4) is 0 Å². The maximum Gasteiger partial charge on any atom is 0.224 e. The summed E-state index contributed by atoms with van der Waals surface area (Å²) in [5, 5.41) is 11.6. The number of nitrogens with zero attached hydrogens (tertiary/aromatic N) is 3. The van der Waals surface area contributed by atoms with Gasteiger partial charge in [-0.1, -0.05) is 11.6 Å². The number of rotatable bonds is 2. The van der Waals surface area contributed by atoms with Crippen molar-refractivity contribution in [1.82, 2.24) is 20.2 Å². The number of aromatic amines is 1. The third kappa shape index (κ3) is 2.47.